The highest BCUT2D eigenvalue weighted by atomic mass is 35.5. The van der Waals surface area contributed by atoms with Gasteiger partial charge in [-0.3, -0.25) is 29.3 Å². The second-order valence-corrected chi connectivity index (χ2v) is 7.93. The molecule has 0 amide bonds. The molecule has 0 fully saturated rings. The van der Waals surface area contributed by atoms with Gasteiger partial charge in [-0.05, 0) is 18.6 Å². The van der Waals surface area contributed by atoms with Crippen LogP contribution in [0.5, 0.6) is 0 Å². The first kappa shape index (κ1) is 22.0. The van der Waals surface area contributed by atoms with E-state index in [4.69, 9.17) is 16.7 Å². The van der Waals surface area contributed by atoms with E-state index >= 15 is 0 Å². The van der Waals surface area contributed by atoms with Gasteiger partial charge in [-0.1, -0.05) is 23.7 Å². The van der Waals surface area contributed by atoms with Crippen LogP contribution < -0.4 is 4.31 Å². The van der Waals surface area contributed by atoms with Crippen molar-refractivity contribution in [1.29, 1.82) is 0 Å². The minimum absolute atomic E-state index is 0.159. The van der Waals surface area contributed by atoms with E-state index in [0.717, 1.165) is 30.3 Å². The lowest BCUT2D eigenvalue weighted by atomic mass is 10.2. The van der Waals surface area contributed by atoms with Crippen molar-refractivity contribution in [1.82, 2.24) is 0 Å². The fourth-order valence-electron chi connectivity index (χ4n) is 2.49. The van der Waals surface area contributed by atoms with E-state index in [1.807, 2.05) is 0 Å². The van der Waals surface area contributed by atoms with Crippen molar-refractivity contribution in [3.63, 3.8) is 0 Å². The summed E-state index contributed by atoms with van der Waals surface area (Å²) in [4.78, 5) is 30.9. The number of hydrogen-bond acceptors (Lipinski definition) is 7. The molecule has 0 saturated heterocycles. The van der Waals surface area contributed by atoms with Gasteiger partial charge in [0.05, 0.1) is 20.6 Å². The Kier molecular flexibility index (Phi) is 6.72. The minimum atomic E-state index is -4.60. The van der Waals surface area contributed by atoms with Crippen molar-refractivity contribution in [2.24, 2.45) is 0 Å². The number of sulfonamides is 1. The number of rotatable bonds is 9. The summed E-state index contributed by atoms with van der Waals surface area (Å²) in [6, 6.07) is 7.68. The third-order valence-corrected chi connectivity index (χ3v) is 5.97. The molecular weight excluding hydrogens is 430 g/mol. The molecule has 11 nitrogen and oxygen atoms in total. The zero-order valence-corrected chi connectivity index (χ0v) is 16.2. The molecule has 0 unspecified atom stereocenters. The zero-order chi connectivity index (χ0) is 21.8. The smallest absolute Gasteiger partial charge is 0.303 e. The Balaban J connectivity index is 2.66. The molecule has 0 spiro atoms. The van der Waals surface area contributed by atoms with Crippen molar-refractivity contribution < 1.29 is 28.2 Å². The van der Waals surface area contributed by atoms with Gasteiger partial charge in [0.15, 0.2) is 4.90 Å². The predicted molar refractivity (Wildman–Crippen MR) is 103 cm³/mol. The third-order valence-electron chi connectivity index (χ3n) is 3.79. The molecule has 0 aromatic heterocycles. The van der Waals surface area contributed by atoms with Gasteiger partial charge in [0.25, 0.3) is 21.4 Å². The molecule has 0 bridgehead atoms. The van der Waals surface area contributed by atoms with E-state index < -0.39 is 55.1 Å². The van der Waals surface area contributed by atoms with Crippen LogP contribution in [0, 0.1) is 20.2 Å². The van der Waals surface area contributed by atoms with Crippen molar-refractivity contribution in [2.45, 2.75) is 17.7 Å². The quantitative estimate of drug-likeness (QED) is 0.456. The van der Waals surface area contributed by atoms with Gasteiger partial charge in [-0.15, -0.1) is 0 Å². The number of carbonyl (C=O) groups is 1. The Morgan fingerprint density at radius 1 is 1.10 bits per heavy atom. The predicted octanol–water partition coefficient (Wildman–Crippen LogP) is 3.22. The number of nitro benzene ring substituents is 2. The fraction of sp³-hybridized carbons (Fsp3) is 0.188. The molecule has 0 radical (unpaired) electrons. The lowest BCUT2D eigenvalue weighted by Gasteiger charge is -2.25. The highest BCUT2D eigenvalue weighted by Crippen LogP contribution is 2.36. The van der Waals surface area contributed by atoms with E-state index in [1.165, 1.54) is 12.1 Å². The molecular formula is C16H14ClN3O8S. The summed E-state index contributed by atoms with van der Waals surface area (Å²) in [5.74, 6) is -1.18. The molecule has 0 aliphatic carbocycles. The van der Waals surface area contributed by atoms with Gasteiger partial charge in [-0.25, -0.2) is 8.42 Å². The SMILES string of the molecule is O=C(O)CCCN(c1cc([N+](=O)[O-])ccc1Cl)S(=O)(=O)c1ccccc1[N+](=O)[O-]. The standard InChI is InChI=1S/C16H14ClN3O8S/c17-12-8-7-11(19(23)24)10-14(12)18(9-3-6-16(21)22)29(27,28)15-5-2-1-4-13(15)20(25)26/h1-2,4-5,7-8,10H,3,6,9H2,(H,21,22). The maximum atomic E-state index is 13.2. The van der Waals surface area contributed by atoms with Gasteiger partial charge in [0.1, 0.15) is 0 Å². The Morgan fingerprint density at radius 2 is 1.76 bits per heavy atom. The molecule has 0 aliphatic rings. The van der Waals surface area contributed by atoms with E-state index in [1.54, 1.807) is 0 Å². The number of aliphatic carboxylic acids is 1. The highest BCUT2D eigenvalue weighted by molar-refractivity contribution is 7.93. The first-order valence-corrected chi connectivity index (χ1v) is 9.79. The number of hydrogen-bond donors (Lipinski definition) is 1. The maximum Gasteiger partial charge on any atom is 0.303 e. The van der Waals surface area contributed by atoms with Crippen LogP contribution in [0.4, 0.5) is 17.1 Å². The lowest BCUT2D eigenvalue weighted by molar-refractivity contribution is -0.387. The average molecular weight is 444 g/mol. The summed E-state index contributed by atoms with van der Waals surface area (Å²) >= 11 is 6.05. The molecule has 0 atom stereocenters. The number of nitrogens with zero attached hydrogens (tertiary/aromatic N) is 3. The second kappa shape index (κ2) is 8.84. The topological polar surface area (TPSA) is 161 Å². The van der Waals surface area contributed by atoms with Crippen molar-refractivity contribution >= 4 is 44.7 Å². The van der Waals surface area contributed by atoms with Gasteiger partial charge in [0, 0.05) is 31.2 Å². The van der Waals surface area contributed by atoms with Crippen LogP contribution in [0.25, 0.3) is 0 Å². The monoisotopic (exact) mass is 443 g/mol. The second-order valence-electron chi connectivity index (χ2n) is 5.69. The van der Waals surface area contributed by atoms with Gasteiger partial charge >= 0.3 is 5.97 Å². The van der Waals surface area contributed by atoms with E-state index in [-0.39, 0.29) is 17.1 Å². The molecule has 29 heavy (non-hydrogen) atoms. The number of anilines is 1. The number of benzene rings is 2. The van der Waals surface area contributed by atoms with Crippen LogP contribution in [0.15, 0.2) is 47.4 Å². The van der Waals surface area contributed by atoms with Crippen molar-refractivity contribution in [2.75, 3.05) is 10.8 Å². The summed E-state index contributed by atoms with van der Waals surface area (Å²) in [6.45, 7) is -0.415. The van der Waals surface area contributed by atoms with Crippen LogP contribution in [0.3, 0.4) is 0 Å². The molecule has 1 N–H and O–H groups in total. The molecule has 13 heteroatoms. The summed E-state index contributed by atoms with van der Waals surface area (Å²) in [5.41, 5.74) is -1.44. The number of para-hydroxylation sites is 1. The Hall–Kier alpha value is -3.25. The molecule has 2 rings (SSSR count). The van der Waals surface area contributed by atoms with Crippen LogP contribution in [-0.2, 0) is 14.8 Å². The molecule has 0 aliphatic heterocycles. The molecule has 0 saturated carbocycles. The van der Waals surface area contributed by atoms with Crippen LogP contribution in [0.1, 0.15) is 12.8 Å². The number of carboxylic acids is 1. The van der Waals surface area contributed by atoms with Crippen LogP contribution >= 0.6 is 11.6 Å². The summed E-state index contributed by atoms with van der Waals surface area (Å²) in [7, 11) is -4.60. The number of nitro groups is 2. The number of halogens is 1. The van der Waals surface area contributed by atoms with Gasteiger partial charge in [-0.2, -0.15) is 0 Å². The Morgan fingerprint density at radius 3 is 2.34 bits per heavy atom. The Labute approximate surface area is 169 Å². The lowest BCUT2D eigenvalue weighted by Crippen LogP contribution is -2.33. The van der Waals surface area contributed by atoms with Crippen molar-refractivity contribution in [3.05, 3.63) is 67.7 Å². The normalized spacial score (nSPS) is 11.1. The summed E-state index contributed by atoms with van der Waals surface area (Å²) in [6.07, 6.45) is -0.552. The van der Waals surface area contributed by atoms with Crippen molar-refractivity contribution in [3.8, 4) is 0 Å². The van der Waals surface area contributed by atoms with E-state index in [9.17, 15) is 33.4 Å². The highest BCUT2D eigenvalue weighted by Gasteiger charge is 2.33. The first-order chi connectivity index (χ1) is 13.6. The van der Waals surface area contributed by atoms with Crippen LogP contribution in [-0.4, -0.2) is 35.9 Å². The molecule has 0 heterocycles. The van der Waals surface area contributed by atoms with Crippen LogP contribution in [0.2, 0.25) is 5.02 Å². The van der Waals surface area contributed by atoms with E-state index in [2.05, 4.69) is 0 Å². The minimum Gasteiger partial charge on any atom is -0.481 e. The van der Waals surface area contributed by atoms with Gasteiger partial charge in [0.2, 0.25) is 0 Å². The molecule has 2 aromatic rings. The number of non-ortho nitro benzene ring substituents is 1. The number of carboxylic acid groups (broad SMARTS) is 1. The van der Waals surface area contributed by atoms with E-state index in [0.29, 0.717) is 4.31 Å². The molecule has 154 valence electrons. The zero-order valence-electron chi connectivity index (χ0n) is 14.6. The average Bonchev–Trinajstić information content (AvgIpc) is 2.65. The van der Waals surface area contributed by atoms with Gasteiger partial charge < -0.3 is 5.11 Å². The fourth-order valence-corrected chi connectivity index (χ4v) is 4.44. The summed E-state index contributed by atoms with van der Waals surface area (Å²) < 4.78 is 27.1. The maximum absolute atomic E-state index is 13.2. The summed E-state index contributed by atoms with van der Waals surface area (Å²) in [5, 5.41) is 31.0. The molecule has 2 aromatic carbocycles. The Bertz CT molecular complexity index is 1070. The first-order valence-electron chi connectivity index (χ1n) is 7.97. The largest absolute Gasteiger partial charge is 0.481 e. The third kappa shape index (κ3) is 4.97.